The van der Waals surface area contributed by atoms with Crippen LogP contribution in [0.2, 0.25) is 0 Å². The lowest BCUT2D eigenvalue weighted by Crippen LogP contribution is -2.32. The van der Waals surface area contributed by atoms with Crippen LogP contribution in [0.1, 0.15) is 33.9 Å². The third-order valence-corrected chi connectivity index (χ3v) is 6.18. The van der Waals surface area contributed by atoms with Gasteiger partial charge in [-0.3, -0.25) is 9.59 Å². The van der Waals surface area contributed by atoms with Crippen LogP contribution in [0.3, 0.4) is 0 Å². The molecule has 2 amide bonds. The minimum absolute atomic E-state index is 0.0476. The van der Waals surface area contributed by atoms with Crippen LogP contribution >= 0.6 is 11.8 Å². The van der Waals surface area contributed by atoms with E-state index in [4.69, 9.17) is 4.74 Å². The zero-order chi connectivity index (χ0) is 21.8. The molecule has 1 heterocycles. The number of anilines is 1. The van der Waals surface area contributed by atoms with Crippen molar-refractivity contribution in [1.29, 1.82) is 0 Å². The maximum atomic E-state index is 13.1. The molecule has 0 aromatic heterocycles. The molecule has 158 valence electrons. The van der Waals surface area contributed by atoms with E-state index >= 15 is 0 Å². The number of amides is 2. The molecule has 0 aliphatic carbocycles. The number of methoxy groups -OCH3 is 1. The number of benzene rings is 3. The van der Waals surface area contributed by atoms with Crippen molar-refractivity contribution in [3.8, 4) is 5.75 Å². The molecule has 0 spiro atoms. The molecule has 0 radical (unpaired) electrons. The largest absolute Gasteiger partial charge is 0.497 e. The topological polar surface area (TPSA) is 58.6 Å². The van der Waals surface area contributed by atoms with Crippen LogP contribution in [0.5, 0.6) is 5.75 Å². The fraction of sp³-hybridized carbons (Fsp3) is 0.200. The summed E-state index contributed by atoms with van der Waals surface area (Å²) in [6.45, 7) is 0.487. The molecule has 1 aliphatic heterocycles. The van der Waals surface area contributed by atoms with Crippen LogP contribution in [-0.2, 0) is 11.3 Å². The van der Waals surface area contributed by atoms with Gasteiger partial charge in [0.1, 0.15) is 5.75 Å². The molecule has 6 heteroatoms. The Morgan fingerprint density at radius 2 is 1.87 bits per heavy atom. The van der Waals surface area contributed by atoms with Crippen molar-refractivity contribution < 1.29 is 14.3 Å². The van der Waals surface area contributed by atoms with E-state index in [2.05, 4.69) is 5.32 Å². The van der Waals surface area contributed by atoms with E-state index in [1.54, 1.807) is 23.8 Å². The molecule has 4 rings (SSSR count). The van der Waals surface area contributed by atoms with Crippen LogP contribution in [-0.4, -0.2) is 30.1 Å². The van der Waals surface area contributed by atoms with Gasteiger partial charge in [0.2, 0.25) is 5.91 Å². The molecule has 3 aromatic carbocycles. The highest BCUT2D eigenvalue weighted by molar-refractivity contribution is 7.98. The first kappa shape index (κ1) is 21.0. The number of hydrogen-bond acceptors (Lipinski definition) is 4. The highest BCUT2D eigenvalue weighted by Crippen LogP contribution is 2.34. The van der Waals surface area contributed by atoms with Crippen molar-refractivity contribution in [2.24, 2.45) is 0 Å². The van der Waals surface area contributed by atoms with Gasteiger partial charge >= 0.3 is 0 Å². The van der Waals surface area contributed by atoms with E-state index in [0.717, 1.165) is 27.5 Å². The molecule has 31 heavy (non-hydrogen) atoms. The number of rotatable bonds is 7. The van der Waals surface area contributed by atoms with E-state index in [1.165, 1.54) is 0 Å². The van der Waals surface area contributed by atoms with Gasteiger partial charge in [0, 0.05) is 22.7 Å². The summed E-state index contributed by atoms with van der Waals surface area (Å²) in [5.74, 6) is 0.549. The summed E-state index contributed by atoms with van der Waals surface area (Å²) in [5.41, 5.74) is 3.34. The molecule has 0 unspecified atom stereocenters. The lowest BCUT2D eigenvalue weighted by Gasteiger charge is -2.28. The normalized spacial score (nSPS) is 13.6. The Kier molecular flexibility index (Phi) is 6.28. The first-order chi connectivity index (χ1) is 15.1. The lowest BCUT2D eigenvalue weighted by molar-refractivity contribution is -0.117. The van der Waals surface area contributed by atoms with Gasteiger partial charge in [0.15, 0.2) is 0 Å². The van der Waals surface area contributed by atoms with E-state index in [-0.39, 0.29) is 24.3 Å². The van der Waals surface area contributed by atoms with Crippen LogP contribution in [0.4, 0.5) is 5.69 Å². The van der Waals surface area contributed by atoms with E-state index in [1.807, 2.05) is 79.1 Å². The molecule has 1 aliphatic rings. The number of nitrogens with zero attached hydrogens (tertiary/aromatic N) is 1. The summed E-state index contributed by atoms with van der Waals surface area (Å²) in [5, 5.41) is 2.98. The Hall–Kier alpha value is -3.25. The minimum atomic E-state index is -0.380. The van der Waals surface area contributed by atoms with Crippen LogP contribution in [0, 0.1) is 0 Å². The molecule has 0 saturated heterocycles. The maximum Gasteiger partial charge on any atom is 0.255 e. The van der Waals surface area contributed by atoms with Gasteiger partial charge < -0.3 is 15.0 Å². The van der Waals surface area contributed by atoms with Gasteiger partial charge in [-0.05, 0) is 53.8 Å². The first-order valence-electron chi connectivity index (χ1n) is 10.1. The van der Waals surface area contributed by atoms with Gasteiger partial charge in [0.05, 0.1) is 19.6 Å². The number of carbonyl (C=O) groups is 2. The Morgan fingerprint density at radius 3 is 2.58 bits per heavy atom. The monoisotopic (exact) mass is 432 g/mol. The summed E-state index contributed by atoms with van der Waals surface area (Å²) in [4.78, 5) is 29.0. The van der Waals surface area contributed by atoms with Crippen molar-refractivity contribution in [3.63, 3.8) is 0 Å². The van der Waals surface area contributed by atoms with Gasteiger partial charge in [-0.15, -0.1) is 11.8 Å². The minimum Gasteiger partial charge on any atom is -0.497 e. The zero-order valence-corrected chi connectivity index (χ0v) is 18.3. The predicted octanol–water partition coefficient (Wildman–Crippen LogP) is 5.14. The fourth-order valence-corrected chi connectivity index (χ4v) is 4.31. The summed E-state index contributed by atoms with van der Waals surface area (Å²) < 4.78 is 5.27. The quantitative estimate of drug-likeness (QED) is 0.525. The summed E-state index contributed by atoms with van der Waals surface area (Å²) >= 11 is 1.62. The molecular formula is C25H24N2O3S. The molecule has 0 saturated carbocycles. The van der Waals surface area contributed by atoms with Crippen molar-refractivity contribution >= 4 is 29.3 Å². The molecule has 5 nitrogen and oxygen atoms in total. The number of ether oxygens (including phenoxy) is 1. The van der Waals surface area contributed by atoms with Gasteiger partial charge in [-0.25, -0.2) is 0 Å². The number of thioether (sulfide) groups is 1. The van der Waals surface area contributed by atoms with E-state index in [0.29, 0.717) is 12.1 Å². The Balaban J connectivity index is 1.59. The summed E-state index contributed by atoms with van der Waals surface area (Å²) in [7, 11) is 1.61. The van der Waals surface area contributed by atoms with Crippen molar-refractivity contribution in [3.05, 3.63) is 89.5 Å². The summed E-state index contributed by atoms with van der Waals surface area (Å²) in [6.07, 6.45) is 2.16. The van der Waals surface area contributed by atoms with Crippen LogP contribution in [0.15, 0.2) is 77.7 Å². The number of carbonyl (C=O) groups excluding carboxylic acids is 2. The first-order valence-corrected chi connectivity index (χ1v) is 11.3. The van der Waals surface area contributed by atoms with Gasteiger partial charge in [0.25, 0.3) is 5.91 Å². The molecule has 0 bridgehead atoms. The second-order valence-electron chi connectivity index (χ2n) is 7.36. The van der Waals surface area contributed by atoms with Crippen LogP contribution < -0.4 is 10.1 Å². The number of fused-ring (bicyclic) bond motifs is 1. The molecule has 1 N–H and O–H groups in total. The SMILES string of the molecule is COc1ccc([C@H](CC(=O)Nc2cccc(SC)c2)N2Cc3ccccc3C2=O)cc1. The molecule has 3 aromatic rings. The second kappa shape index (κ2) is 9.27. The Bertz CT molecular complexity index is 1100. The maximum absolute atomic E-state index is 13.1. The van der Waals surface area contributed by atoms with Gasteiger partial charge in [-0.1, -0.05) is 36.4 Å². The average Bonchev–Trinajstić information content (AvgIpc) is 3.14. The second-order valence-corrected chi connectivity index (χ2v) is 8.24. The number of nitrogens with one attached hydrogen (secondary N) is 1. The van der Waals surface area contributed by atoms with E-state index < -0.39 is 0 Å². The van der Waals surface area contributed by atoms with E-state index in [9.17, 15) is 9.59 Å². The smallest absolute Gasteiger partial charge is 0.255 e. The Morgan fingerprint density at radius 1 is 1.10 bits per heavy atom. The summed E-state index contributed by atoms with van der Waals surface area (Å²) in [6, 6.07) is 22.5. The predicted molar refractivity (Wildman–Crippen MR) is 124 cm³/mol. The standard InChI is InChI=1S/C25H24N2O3S/c1-30-20-12-10-17(11-13-20)23(27-16-18-6-3-4-9-22(18)25(27)29)15-24(28)26-19-7-5-8-21(14-19)31-2/h3-14,23H,15-16H2,1-2H3,(H,26,28)/t23-/m0/s1. The van der Waals surface area contributed by atoms with Gasteiger partial charge in [-0.2, -0.15) is 0 Å². The highest BCUT2D eigenvalue weighted by Gasteiger charge is 2.34. The fourth-order valence-electron chi connectivity index (χ4n) is 3.85. The third kappa shape index (κ3) is 4.59. The molecule has 1 atom stereocenters. The van der Waals surface area contributed by atoms with Crippen molar-refractivity contribution in [1.82, 2.24) is 4.90 Å². The van der Waals surface area contributed by atoms with Crippen molar-refractivity contribution in [2.45, 2.75) is 23.9 Å². The van der Waals surface area contributed by atoms with Crippen molar-refractivity contribution in [2.75, 3.05) is 18.7 Å². The number of hydrogen-bond donors (Lipinski definition) is 1. The van der Waals surface area contributed by atoms with Crippen LogP contribution in [0.25, 0.3) is 0 Å². The highest BCUT2D eigenvalue weighted by atomic mass is 32.2. The zero-order valence-electron chi connectivity index (χ0n) is 17.5. The molecule has 0 fully saturated rings. The third-order valence-electron chi connectivity index (χ3n) is 5.46. The average molecular weight is 433 g/mol. The molecular weight excluding hydrogens is 408 g/mol. The lowest BCUT2D eigenvalue weighted by atomic mass is 10.0. The Labute approximate surface area is 186 Å².